The molecule has 0 amide bonds. The Morgan fingerprint density at radius 1 is 0.963 bits per heavy atom. The fourth-order valence-corrected chi connectivity index (χ4v) is 1.91. The maximum atomic E-state index is 11.8. The van der Waals surface area contributed by atoms with Crippen LogP contribution in [0.4, 0.5) is 11.9 Å². The highest BCUT2D eigenvalue weighted by Crippen LogP contribution is 2.20. The summed E-state index contributed by atoms with van der Waals surface area (Å²) in [6.45, 7) is 4.71. The van der Waals surface area contributed by atoms with E-state index in [2.05, 4.69) is 30.3 Å². The molecule has 0 radical (unpaired) electrons. The van der Waals surface area contributed by atoms with Crippen molar-refractivity contribution in [2.24, 2.45) is 0 Å². The van der Waals surface area contributed by atoms with Crippen LogP contribution < -0.4 is 15.4 Å². The lowest BCUT2D eigenvalue weighted by atomic mass is 10.2. The molecule has 0 bridgehead atoms. The first-order valence-electron chi connectivity index (χ1n) is 8.31. The van der Waals surface area contributed by atoms with Gasteiger partial charge in [0, 0.05) is 13.1 Å². The average Bonchev–Trinajstić information content (AvgIpc) is 2.66. The molecule has 0 aliphatic rings. The number of carbonyl (C=O) groups excluding carboxylic acids is 2. The normalized spacial score (nSPS) is 10.0. The lowest BCUT2D eigenvalue weighted by Crippen LogP contribution is -2.15. The van der Waals surface area contributed by atoms with Crippen LogP contribution in [0.2, 0.25) is 0 Å². The molecule has 1 heterocycles. The quantitative estimate of drug-likeness (QED) is 0.627. The molecular formula is C17H21N5O5. The molecule has 0 saturated carbocycles. The van der Waals surface area contributed by atoms with Crippen molar-refractivity contribution >= 4 is 23.8 Å². The second kappa shape index (κ2) is 9.90. The molecule has 27 heavy (non-hydrogen) atoms. The van der Waals surface area contributed by atoms with Gasteiger partial charge in [-0.15, -0.1) is 0 Å². The fraction of sp³-hybridized carbons (Fsp3) is 0.353. The van der Waals surface area contributed by atoms with Crippen LogP contribution in [0, 0.1) is 0 Å². The molecule has 0 atom stereocenters. The lowest BCUT2D eigenvalue weighted by Gasteiger charge is -2.09. The predicted octanol–water partition coefficient (Wildman–Crippen LogP) is 1.86. The van der Waals surface area contributed by atoms with Gasteiger partial charge in [-0.25, -0.2) is 9.59 Å². The van der Waals surface area contributed by atoms with E-state index in [-0.39, 0.29) is 11.6 Å². The monoisotopic (exact) mass is 375 g/mol. The molecule has 0 spiro atoms. The number of anilines is 2. The molecule has 0 fully saturated rings. The van der Waals surface area contributed by atoms with Gasteiger partial charge in [0.25, 0.3) is 0 Å². The van der Waals surface area contributed by atoms with Gasteiger partial charge in [0.15, 0.2) is 6.61 Å². The van der Waals surface area contributed by atoms with Crippen molar-refractivity contribution in [1.82, 2.24) is 15.0 Å². The molecule has 2 rings (SSSR count). The zero-order chi connectivity index (χ0) is 19.6. The summed E-state index contributed by atoms with van der Waals surface area (Å²) in [4.78, 5) is 35.4. The standard InChI is InChI=1S/C17H21N5O5/c1-4-18-15-20-16(19-5-2)22-17(21-15)27-12-8-6-11(7-9-12)14(24)26-10-13(23)25-3/h6-9H,4-5,10H2,1-3H3,(H2,18,19,20,21,22). The van der Waals surface area contributed by atoms with Crippen LogP contribution in [-0.4, -0.2) is 53.7 Å². The lowest BCUT2D eigenvalue weighted by molar-refractivity contribution is -0.144. The van der Waals surface area contributed by atoms with Crippen LogP contribution in [0.3, 0.4) is 0 Å². The Labute approximate surface area is 156 Å². The van der Waals surface area contributed by atoms with E-state index in [1.807, 2.05) is 13.8 Å². The Morgan fingerprint density at radius 2 is 1.56 bits per heavy atom. The number of carbonyl (C=O) groups is 2. The smallest absolute Gasteiger partial charge is 0.344 e. The molecular weight excluding hydrogens is 354 g/mol. The van der Waals surface area contributed by atoms with Gasteiger partial charge in [0.05, 0.1) is 12.7 Å². The number of rotatable bonds is 9. The zero-order valence-corrected chi connectivity index (χ0v) is 15.3. The van der Waals surface area contributed by atoms with Crippen molar-refractivity contribution in [1.29, 1.82) is 0 Å². The minimum absolute atomic E-state index is 0.109. The van der Waals surface area contributed by atoms with E-state index in [4.69, 9.17) is 9.47 Å². The van der Waals surface area contributed by atoms with E-state index in [0.29, 0.717) is 30.7 Å². The van der Waals surface area contributed by atoms with Gasteiger partial charge in [-0.1, -0.05) is 0 Å². The van der Waals surface area contributed by atoms with E-state index in [1.54, 1.807) is 12.1 Å². The minimum Gasteiger partial charge on any atom is -0.466 e. The summed E-state index contributed by atoms with van der Waals surface area (Å²) in [5, 5.41) is 6.01. The number of benzene rings is 1. The van der Waals surface area contributed by atoms with E-state index >= 15 is 0 Å². The topological polar surface area (TPSA) is 125 Å². The Morgan fingerprint density at radius 3 is 2.07 bits per heavy atom. The van der Waals surface area contributed by atoms with Crippen molar-refractivity contribution < 1.29 is 23.8 Å². The SMILES string of the molecule is CCNc1nc(NCC)nc(Oc2ccc(C(=O)OCC(=O)OC)cc2)n1. The maximum absolute atomic E-state index is 11.8. The Bertz CT molecular complexity index is 758. The van der Waals surface area contributed by atoms with Crippen molar-refractivity contribution in [2.75, 3.05) is 37.4 Å². The third kappa shape index (κ3) is 6.10. The number of nitrogens with zero attached hydrogens (tertiary/aromatic N) is 3. The molecule has 2 N–H and O–H groups in total. The molecule has 0 unspecified atom stereocenters. The van der Waals surface area contributed by atoms with Gasteiger partial charge in [-0.3, -0.25) is 0 Å². The predicted molar refractivity (Wildman–Crippen MR) is 97.0 cm³/mol. The second-order valence-corrected chi connectivity index (χ2v) is 5.10. The second-order valence-electron chi connectivity index (χ2n) is 5.10. The van der Waals surface area contributed by atoms with Gasteiger partial charge < -0.3 is 24.8 Å². The summed E-state index contributed by atoms with van der Waals surface area (Å²) in [5.74, 6) is -0.0689. The Kier molecular flexibility index (Phi) is 7.29. The van der Waals surface area contributed by atoms with Crippen molar-refractivity contribution in [2.45, 2.75) is 13.8 Å². The number of nitrogens with one attached hydrogen (secondary N) is 2. The molecule has 0 saturated heterocycles. The van der Waals surface area contributed by atoms with Crippen LogP contribution in [0.25, 0.3) is 0 Å². The van der Waals surface area contributed by atoms with Crippen molar-refractivity contribution in [3.05, 3.63) is 29.8 Å². The van der Waals surface area contributed by atoms with Gasteiger partial charge >= 0.3 is 17.9 Å². The number of aromatic nitrogens is 3. The number of hydrogen-bond acceptors (Lipinski definition) is 10. The maximum Gasteiger partial charge on any atom is 0.344 e. The van der Waals surface area contributed by atoms with Crippen LogP contribution in [0.5, 0.6) is 11.8 Å². The average molecular weight is 375 g/mol. The molecule has 0 aliphatic carbocycles. The molecule has 2 aromatic rings. The largest absolute Gasteiger partial charge is 0.466 e. The molecule has 144 valence electrons. The van der Waals surface area contributed by atoms with Gasteiger partial charge in [-0.05, 0) is 38.1 Å². The van der Waals surface area contributed by atoms with Gasteiger partial charge in [0.1, 0.15) is 5.75 Å². The van der Waals surface area contributed by atoms with Crippen LogP contribution >= 0.6 is 0 Å². The molecule has 10 heteroatoms. The number of ether oxygens (including phenoxy) is 3. The fourth-order valence-electron chi connectivity index (χ4n) is 1.91. The molecule has 1 aromatic heterocycles. The molecule has 10 nitrogen and oxygen atoms in total. The van der Waals surface area contributed by atoms with E-state index in [1.165, 1.54) is 19.2 Å². The van der Waals surface area contributed by atoms with Crippen LogP contribution in [-0.2, 0) is 14.3 Å². The molecule has 0 aliphatic heterocycles. The Hall–Kier alpha value is -3.43. The van der Waals surface area contributed by atoms with E-state index in [0.717, 1.165) is 0 Å². The first kappa shape index (κ1) is 19.9. The van der Waals surface area contributed by atoms with Crippen molar-refractivity contribution in [3.63, 3.8) is 0 Å². The van der Waals surface area contributed by atoms with E-state index < -0.39 is 18.5 Å². The van der Waals surface area contributed by atoms with E-state index in [9.17, 15) is 9.59 Å². The van der Waals surface area contributed by atoms with Gasteiger partial charge in [-0.2, -0.15) is 15.0 Å². The Balaban J connectivity index is 2.07. The number of methoxy groups -OCH3 is 1. The first-order valence-corrected chi connectivity index (χ1v) is 8.31. The number of esters is 2. The molecule has 1 aromatic carbocycles. The summed E-state index contributed by atoms with van der Waals surface area (Å²) in [6.07, 6.45) is 0. The highest BCUT2D eigenvalue weighted by atomic mass is 16.6. The summed E-state index contributed by atoms with van der Waals surface area (Å²) in [5.41, 5.74) is 0.267. The minimum atomic E-state index is -0.643. The highest BCUT2D eigenvalue weighted by molar-refractivity contribution is 5.90. The summed E-state index contributed by atoms with van der Waals surface area (Å²) in [6, 6.07) is 6.26. The van der Waals surface area contributed by atoms with Crippen LogP contribution in [0.1, 0.15) is 24.2 Å². The number of hydrogen-bond donors (Lipinski definition) is 2. The van der Waals surface area contributed by atoms with Gasteiger partial charge in [0.2, 0.25) is 11.9 Å². The highest BCUT2D eigenvalue weighted by Gasteiger charge is 2.12. The third-order valence-electron chi connectivity index (χ3n) is 3.13. The zero-order valence-electron chi connectivity index (χ0n) is 15.3. The summed E-state index contributed by atoms with van der Waals surface area (Å²) >= 11 is 0. The summed E-state index contributed by atoms with van der Waals surface area (Å²) < 4.78 is 14.9. The van der Waals surface area contributed by atoms with Crippen LogP contribution in [0.15, 0.2) is 24.3 Å². The third-order valence-corrected chi connectivity index (χ3v) is 3.13. The summed E-state index contributed by atoms with van der Waals surface area (Å²) in [7, 11) is 1.21. The van der Waals surface area contributed by atoms with Crippen molar-refractivity contribution in [3.8, 4) is 11.8 Å². The first-order chi connectivity index (χ1) is 13.0.